The molecule has 0 bridgehead atoms. The van der Waals surface area contributed by atoms with Gasteiger partial charge >= 0.3 is 0 Å². The van der Waals surface area contributed by atoms with Crippen LogP contribution in [0.2, 0.25) is 0 Å². The minimum atomic E-state index is -0.330. The summed E-state index contributed by atoms with van der Waals surface area (Å²) in [4.78, 5) is 8.38. The summed E-state index contributed by atoms with van der Waals surface area (Å²) in [6.07, 6.45) is 4.17. The third-order valence-corrected chi connectivity index (χ3v) is 3.21. The summed E-state index contributed by atoms with van der Waals surface area (Å²) in [7, 11) is 0. The van der Waals surface area contributed by atoms with Gasteiger partial charge in [0.15, 0.2) is 0 Å². The molecule has 96 valence electrons. The van der Waals surface area contributed by atoms with E-state index in [1.54, 1.807) is 18.3 Å². The second-order valence-electron chi connectivity index (χ2n) is 4.39. The van der Waals surface area contributed by atoms with Gasteiger partial charge in [-0.25, -0.2) is 14.4 Å². The molecule has 0 radical (unpaired) electrons. The van der Waals surface area contributed by atoms with Crippen molar-refractivity contribution in [2.75, 3.05) is 0 Å². The van der Waals surface area contributed by atoms with Crippen LogP contribution in [0, 0.1) is 12.7 Å². The van der Waals surface area contributed by atoms with Crippen LogP contribution in [0.15, 0.2) is 35.5 Å². The van der Waals surface area contributed by atoms with Crippen LogP contribution in [-0.2, 0) is 6.42 Å². The highest BCUT2D eigenvalue weighted by Gasteiger charge is 2.16. The molecule has 4 heteroatoms. The number of fused-ring (bicyclic) bond motifs is 1. The predicted octanol–water partition coefficient (Wildman–Crippen LogP) is 3.55. The van der Waals surface area contributed by atoms with Crippen molar-refractivity contribution in [3.8, 4) is 5.75 Å². The lowest BCUT2D eigenvalue weighted by Crippen LogP contribution is -2.11. The molecule has 3 rings (SSSR count). The van der Waals surface area contributed by atoms with Crippen molar-refractivity contribution in [2.24, 2.45) is 4.99 Å². The molecule has 0 saturated heterocycles. The average Bonchev–Trinajstić information content (AvgIpc) is 2.35. The number of hydrogen-bond donors (Lipinski definition) is 0. The van der Waals surface area contributed by atoms with E-state index in [0.29, 0.717) is 22.6 Å². The molecule has 3 nitrogen and oxygen atoms in total. The highest BCUT2D eigenvalue weighted by Crippen LogP contribution is 2.32. The molecule has 0 amide bonds. The first-order chi connectivity index (χ1) is 9.20. The Hall–Kier alpha value is -2.23. The minimum absolute atomic E-state index is 0.330. The molecule has 0 aliphatic carbocycles. The number of aryl methyl sites for hydroxylation is 1. The first kappa shape index (κ1) is 11.8. The van der Waals surface area contributed by atoms with Crippen molar-refractivity contribution in [3.63, 3.8) is 0 Å². The van der Waals surface area contributed by atoms with E-state index in [0.717, 1.165) is 17.7 Å². The summed E-state index contributed by atoms with van der Waals surface area (Å²) in [6.45, 7) is 3.93. The van der Waals surface area contributed by atoms with Crippen LogP contribution in [0.4, 0.5) is 4.39 Å². The van der Waals surface area contributed by atoms with Crippen LogP contribution < -0.4 is 4.74 Å². The smallest absolute Gasteiger partial charge is 0.220 e. The largest absolute Gasteiger partial charge is 0.438 e. The monoisotopic (exact) mass is 256 g/mol. The average molecular weight is 256 g/mol. The molecular weight excluding hydrogens is 243 g/mol. The number of aromatic nitrogens is 1. The topological polar surface area (TPSA) is 34.5 Å². The van der Waals surface area contributed by atoms with E-state index in [4.69, 9.17) is 4.74 Å². The molecule has 2 heterocycles. The molecule has 0 unspecified atom stereocenters. The fraction of sp³-hybridized carbons (Fsp3) is 0.200. The van der Waals surface area contributed by atoms with Gasteiger partial charge in [0.05, 0.1) is 0 Å². The molecule has 0 fully saturated rings. The lowest BCUT2D eigenvalue weighted by molar-refractivity contribution is 0.549. The van der Waals surface area contributed by atoms with Crippen LogP contribution >= 0.6 is 0 Å². The molecule has 0 saturated carbocycles. The Morgan fingerprint density at radius 2 is 2.11 bits per heavy atom. The van der Waals surface area contributed by atoms with Gasteiger partial charge in [-0.3, -0.25) is 0 Å². The maximum Gasteiger partial charge on any atom is 0.220 e. The number of para-hydroxylation sites is 1. The molecule has 0 spiro atoms. The standard InChI is InChI=1S/C15H13FN2O/c1-3-12-9(2)15(19-13-7-8-17-13)10-5-4-6-11(16)14(10)18-12/h4-8H,3H2,1-2H3. The molecule has 2 aromatic rings. The molecule has 1 aliphatic heterocycles. The zero-order chi connectivity index (χ0) is 13.4. The van der Waals surface area contributed by atoms with Gasteiger partial charge in [0, 0.05) is 28.9 Å². The first-order valence-electron chi connectivity index (χ1n) is 6.20. The van der Waals surface area contributed by atoms with Crippen molar-refractivity contribution in [1.82, 2.24) is 4.98 Å². The Morgan fingerprint density at radius 1 is 1.32 bits per heavy atom. The van der Waals surface area contributed by atoms with Gasteiger partial charge in [0.1, 0.15) is 17.1 Å². The van der Waals surface area contributed by atoms with Crippen LogP contribution in [0.1, 0.15) is 18.2 Å². The summed E-state index contributed by atoms with van der Waals surface area (Å²) in [5, 5.41) is 0.678. The van der Waals surface area contributed by atoms with Crippen LogP contribution in [-0.4, -0.2) is 10.9 Å². The Balaban J connectivity index is 2.26. The third kappa shape index (κ3) is 1.89. The summed E-state index contributed by atoms with van der Waals surface area (Å²) in [6, 6.07) is 4.89. The molecule has 1 aliphatic rings. The SMILES string of the molecule is CCc1nc2c(F)cccc2c(OC2=NC=C2)c1C. The molecule has 1 aromatic carbocycles. The van der Waals surface area contributed by atoms with Crippen molar-refractivity contribution in [2.45, 2.75) is 20.3 Å². The molecular formula is C15H13FN2O. The number of ether oxygens (including phenoxy) is 1. The second kappa shape index (κ2) is 4.46. The maximum atomic E-state index is 13.9. The molecule has 0 N–H and O–H groups in total. The zero-order valence-electron chi connectivity index (χ0n) is 10.8. The van der Waals surface area contributed by atoms with Gasteiger partial charge in [0.2, 0.25) is 5.90 Å². The fourth-order valence-corrected chi connectivity index (χ4v) is 2.14. The highest BCUT2D eigenvalue weighted by molar-refractivity contribution is 5.97. The van der Waals surface area contributed by atoms with Gasteiger partial charge < -0.3 is 4.74 Å². The zero-order valence-corrected chi connectivity index (χ0v) is 10.8. The van der Waals surface area contributed by atoms with E-state index < -0.39 is 0 Å². The Labute approximate surface area is 110 Å². The van der Waals surface area contributed by atoms with Gasteiger partial charge in [-0.15, -0.1) is 0 Å². The van der Waals surface area contributed by atoms with E-state index in [-0.39, 0.29) is 5.82 Å². The Kier molecular flexibility index (Phi) is 2.78. The number of hydrogen-bond acceptors (Lipinski definition) is 3. The van der Waals surface area contributed by atoms with Gasteiger partial charge in [-0.2, -0.15) is 0 Å². The van der Waals surface area contributed by atoms with Crippen molar-refractivity contribution in [1.29, 1.82) is 0 Å². The van der Waals surface area contributed by atoms with Crippen molar-refractivity contribution < 1.29 is 9.13 Å². The van der Waals surface area contributed by atoms with E-state index >= 15 is 0 Å². The number of rotatable bonds is 2. The Bertz CT molecular complexity index is 720. The summed E-state index contributed by atoms with van der Waals surface area (Å²) in [5.41, 5.74) is 2.13. The second-order valence-corrected chi connectivity index (χ2v) is 4.39. The highest BCUT2D eigenvalue weighted by atomic mass is 19.1. The third-order valence-electron chi connectivity index (χ3n) is 3.21. The predicted molar refractivity (Wildman–Crippen MR) is 73.0 cm³/mol. The van der Waals surface area contributed by atoms with Crippen LogP contribution in [0.5, 0.6) is 5.75 Å². The number of pyridine rings is 1. The fourth-order valence-electron chi connectivity index (χ4n) is 2.14. The Morgan fingerprint density at radius 3 is 2.74 bits per heavy atom. The van der Waals surface area contributed by atoms with E-state index in [1.807, 2.05) is 19.9 Å². The van der Waals surface area contributed by atoms with Crippen LogP contribution in [0.25, 0.3) is 10.9 Å². The summed E-state index contributed by atoms with van der Waals surface area (Å²) < 4.78 is 19.6. The van der Waals surface area contributed by atoms with Gasteiger partial charge in [0.25, 0.3) is 0 Å². The lowest BCUT2D eigenvalue weighted by Gasteiger charge is -2.16. The number of nitrogens with zero attached hydrogens (tertiary/aromatic N) is 2. The van der Waals surface area contributed by atoms with E-state index in [2.05, 4.69) is 9.98 Å². The molecule has 1 aromatic heterocycles. The van der Waals surface area contributed by atoms with Crippen LogP contribution in [0.3, 0.4) is 0 Å². The molecule has 19 heavy (non-hydrogen) atoms. The minimum Gasteiger partial charge on any atom is -0.438 e. The first-order valence-corrected chi connectivity index (χ1v) is 6.20. The van der Waals surface area contributed by atoms with Crippen molar-refractivity contribution >= 4 is 16.8 Å². The number of benzene rings is 1. The maximum absolute atomic E-state index is 13.9. The normalized spacial score (nSPS) is 13.3. The van der Waals surface area contributed by atoms with Gasteiger partial charge in [-0.05, 0) is 25.5 Å². The molecule has 0 atom stereocenters. The summed E-state index contributed by atoms with van der Waals surface area (Å²) in [5.74, 6) is 0.856. The van der Waals surface area contributed by atoms with Crippen molar-refractivity contribution in [3.05, 3.63) is 47.5 Å². The van der Waals surface area contributed by atoms with E-state index in [9.17, 15) is 4.39 Å². The number of halogens is 1. The summed E-state index contributed by atoms with van der Waals surface area (Å²) >= 11 is 0. The lowest BCUT2D eigenvalue weighted by atomic mass is 10.1. The van der Waals surface area contributed by atoms with Gasteiger partial charge in [-0.1, -0.05) is 13.0 Å². The number of aliphatic imine (C=N–C) groups is 1. The van der Waals surface area contributed by atoms with E-state index in [1.165, 1.54) is 6.07 Å². The quantitative estimate of drug-likeness (QED) is 0.823.